The largest absolute Gasteiger partial charge is 0.389 e. The maximum Gasteiger partial charge on any atom is 0.210 e. The molecule has 29 heavy (non-hydrogen) atoms. The lowest BCUT2D eigenvalue weighted by Gasteiger charge is -2.45. The molecule has 2 aliphatic heterocycles. The first kappa shape index (κ1) is 21.9. The van der Waals surface area contributed by atoms with Crippen LogP contribution in [-0.4, -0.2) is 35.5 Å². The van der Waals surface area contributed by atoms with Gasteiger partial charge in [-0.2, -0.15) is 0 Å². The van der Waals surface area contributed by atoms with Crippen LogP contribution in [-0.2, 0) is 14.3 Å². The molecule has 3 aliphatic rings. The third-order valence-corrected chi connectivity index (χ3v) is 5.82. The Morgan fingerprint density at radius 2 is 2.07 bits per heavy atom. The first-order valence-electron chi connectivity index (χ1n) is 10.6. The molecule has 158 valence electrons. The Labute approximate surface area is 174 Å². The van der Waals surface area contributed by atoms with E-state index in [1.165, 1.54) is 11.1 Å². The van der Waals surface area contributed by atoms with Gasteiger partial charge in [0.1, 0.15) is 6.29 Å². The summed E-state index contributed by atoms with van der Waals surface area (Å²) < 4.78 is 12.8. The summed E-state index contributed by atoms with van der Waals surface area (Å²) in [5.41, 5.74) is 3.96. The number of aldehydes is 1. The summed E-state index contributed by atoms with van der Waals surface area (Å²) in [6.07, 6.45) is 14.5. The van der Waals surface area contributed by atoms with Crippen molar-refractivity contribution in [1.29, 1.82) is 0 Å². The third kappa shape index (κ3) is 5.25. The molecule has 0 saturated carbocycles. The van der Waals surface area contributed by atoms with Crippen molar-refractivity contribution >= 4 is 6.29 Å². The highest BCUT2D eigenvalue weighted by molar-refractivity contribution is 5.75. The van der Waals surface area contributed by atoms with Gasteiger partial charge in [-0.15, -0.1) is 0 Å². The van der Waals surface area contributed by atoms with Gasteiger partial charge in [0.2, 0.25) is 5.79 Å². The topological polar surface area (TPSA) is 55.8 Å². The molecule has 1 N–H and O–H groups in total. The second kappa shape index (κ2) is 8.95. The van der Waals surface area contributed by atoms with E-state index < -0.39 is 11.9 Å². The molecule has 0 bridgehead atoms. The molecule has 0 aromatic rings. The zero-order chi connectivity index (χ0) is 21.2. The van der Waals surface area contributed by atoms with Gasteiger partial charge in [0.05, 0.1) is 18.3 Å². The van der Waals surface area contributed by atoms with E-state index in [9.17, 15) is 9.90 Å². The first-order chi connectivity index (χ1) is 13.7. The van der Waals surface area contributed by atoms with E-state index in [1.807, 2.05) is 19.1 Å². The van der Waals surface area contributed by atoms with Crippen molar-refractivity contribution < 1.29 is 19.4 Å². The lowest BCUT2D eigenvalue weighted by molar-refractivity contribution is -0.225. The molecule has 4 heteroatoms. The fourth-order valence-electron chi connectivity index (χ4n) is 4.37. The van der Waals surface area contributed by atoms with E-state index in [0.29, 0.717) is 17.9 Å². The third-order valence-electron chi connectivity index (χ3n) is 5.82. The molecule has 0 aromatic carbocycles. The SMILES string of the molecule is CC(=CC1CC(C)=CC2(C=C(C=O)C3CC(O)C(C)=CC3O2)O1)CC=CC(C)C. The monoisotopic (exact) mass is 398 g/mol. The number of fused-ring (bicyclic) bond motifs is 1. The van der Waals surface area contributed by atoms with Crippen LogP contribution in [0.25, 0.3) is 0 Å². The summed E-state index contributed by atoms with van der Waals surface area (Å²) in [6.45, 7) is 10.4. The molecular formula is C25H34O4. The fourth-order valence-corrected chi connectivity index (χ4v) is 4.37. The Balaban J connectivity index is 1.84. The zero-order valence-corrected chi connectivity index (χ0v) is 18.2. The van der Waals surface area contributed by atoms with Crippen molar-refractivity contribution in [2.45, 2.75) is 78.0 Å². The summed E-state index contributed by atoms with van der Waals surface area (Å²) in [6, 6.07) is 0. The van der Waals surface area contributed by atoms with Gasteiger partial charge in [0, 0.05) is 5.92 Å². The van der Waals surface area contributed by atoms with Gasteiger partial charge in [-0.25, -0.2) is 0 Å². The molecule has 0 fully saturated rings. The number of allylic oxidation sites excluding steroid dienone is 3. The van der Waals surface area contributed by atoms with Crippen molar-refractivity contribution in [3.05, 3.63) is 58.7 Å². The predicted octanol–water partition coefficient (Wildman–Crippen LogP) is 4.82. The molecule has 0 aromatic heterocycles. The van der Waals surface area contributed by atoms with Gasteiger partial charge in [-0.1, -0.05) is 49.3 Å². The van der Waals surface area contributed by atoms with Crippen LogP contribution in [0, 0.1) is 11.8 Å². The molecule has 0 amide bonds. The van der Waals surface area contributed by atoms with Crippen molar-refractivity contribution in [2.24, 2.45) is 11.8 Å². The number of rotatable bonds is 5. The maximum absolute atomic E-state index is 11.8. The second-order valence-electron chi connectivity index (χ2n) is 9.08. The van der Waals surface area contributed by atoms with Crippen molar-refractivity contribution in [3.63, 3.8) is 0 Å². The number of hydrogen-bond donors (Lipinski definition) is 1. The average molecular weight is 399 g/mol. The standard InChI is InChI=1S/C25H34O4/c1-16(2)7-6-8-17(3)9-21-10-18(4)13-25(28-21)14-20(15-26)22-12-23(27)19(5)11-24(22)29-25/h6-7,9,11,13-16,21-24,27H,8,10,12H2,1-5H3. The van der Waals surface area contributed by atoms with E-state index in [-0.39, 0.29) is 18.1 Å². The van der Waals surface area contributed by atoms with Crippen LogP contribution in [0.15, 0.2) is 58.7 Å². The summed E-state index contributed by atoms with van der Waals surface area (Å²) in [5.74, 6) is -0.621. The molecule has 1 spiro atoms. The summed E-state index contributed by atoms with van der Waals surface area (Å²) in [5, 5.41) is 10.2. The van der Waals surface area contributed by atoms with Gasteiger partial charge in [-0.05, 0) is 69.2 Å². The number of aliphatic hydroxyl groups excluding tert-OH is 1. The minimum Gasteiger partial charge on any atom is -0.389 e. The van der Waals surface area contributed by atoms with E-state index in [0.717, 1.165) is 24.7 Å². The Morgan fingerprint density at radius 1 is 1.31 bits per heavy atom. The lowest BCUT2D eigenvalue weighted by atomic mass is 9.78. The quantitative estimate of drug-likeness (QED) is 0.533. The minimum atomic E-state index is -1.03. The van der Waals surface area contributed by atoms with Crippen LogP contribution in [0.4, 0.5) is 0 Å². The molecule has 3 rings (SSSR count). The number of ether oxygens (including phenoxy) is 2. The smallest absolute Gasteiger partial charge is 0.210 e. The summed E-state index contributed by atoms with van der Waals surface area (Å²) in [4.78, 5) is 11.8. The van der Waals surface area contributed by atoms with E-state index >= 15 is 0 Å². The van der Waals surface area contributed by atoms with Gasteiger partial charge < -0.3 is 14.6 Å². The summed E-state index contributed by atoms with van der Waals surface area (Å²) >= 11 is 0. The highest BCUT2D eigenvalue weighted by Crippen LogP contribution is 2.42. The van der Waals surface area contributed by atoms with Gasteiger partial charge in [-0.3, -0.25) is 4.79 Å². The highest BCUT2D eigenvalue weighted by atomic mass is 16.7. The number of aliphatic hydroxyl groups is 1. The highest BCUT2D eigenvalue weighted by Gasteiger charge is 2.45. The van der Waals surface area contributed by atoms with Crippen LogP contribution in [0.1, 0.15) is 53.9 Å². The van der Waals surface area contributed by atoms with Crippen LogP contribution in [0.5, 0.6) is 0 Å². The minimum absolute atomic E-state index is 0.104. The Morgan fingerprint density at radius 3 is 2.76 bits per heavy atom. The van der Waals surface area contributed by atoms with Gasteiger partial charge >= 0.3 is 0 Å². The number of carbonyl (C=O) groups excluding carboxylic acids is 1. The molecule has 2 heterocycles. The lowest BCUT2D eigenvalue weighted by Crippen LogP contribution is -2.49. The first-order valence-corrected chi connectivity index (χ1v) is 10.6. The van der Waals surface area contributed by atoms with Crippen LogP contribution >= 0.6 is 0 Å². The fraction of sp³-hybridized carbons (Fsp3) is 0.560. The Hall–Kier alpha value is -1.75. The zero-order valence-electron chi connectivity index (χ0n) is 18.2. The van der Waals surface area contributed by atoms with Gasteiger partial charge in [0.25, 0.3) is 0 Å². The molecule has 5 unspecified atom stereocenters. The molecule has 5 atom stereocenters. The van der Waals surface area contributed by atoms with Crippen LogP contribution < -0.4 is 0 Å². The molecule has 0 radical (unpaired) electrons. The predicted molar refractivity (Wildman–Crippen MR) is 115 cm³/mol. The van der Waals surface area contributed by atoms with Crippen molar-refractivity contribution in [2.75, 3.05) is 0 Å². The van der Waals surface area contributed by atoms with E-state index in [2.05, 4.69) is 45.9 Å². The Kier molecular flexibility index (Phi) is 6.77. The van der Waals surface area contributed by atoms with Crippen molar-refractivity contribution in [1.82, 2.24) is 0 Å². The molecule has 4 nitrogen and oxygen atoms in total. The Bertz CT molecular complexity index is 783. The molecule has 1 aliphatic carbocycles. The molecular weight excluding hydrogens is 364 g/mol. The van der Waals surface area contributed by atoms with Crippen molar-refractivity contribution in [3.8, 4) is 0 Å². The van der Waals surface area contributed by atoms with E-state index in [1.54, 1.807) is 6.08 Å². The maximum atomic E-state index is 11.8. The van der Waals surface area contributed by atoms with Gasteiger partial charge in [0.15, 0.2) is 0 Å². The number of hydrogen-bond acceptors (Lipinski definition) is 4. The number of carbonyl (C=O) groups is 1. The van der Waals surface area contributed by atoms with Crippen LogP contribution in [0.3, 0.4) is 0 Å². The molecule has 0 saturated heterocycles. The second-order valence-corrected chi connectivity index (χ2v) is 9.08. The summed E-state index contributed by atoms with van der Waals surface area (Å²) in [7, 11) is 0. The normalized spacial score (nSPS) is 35.4. The van der Waals surface area contributed by atoms with Crippen LogP contribution in [0.2, 0.25) is 0 Å². The van der Waals surface area contributed by atoms with E-state index in [4.69, 9.17) is 9.47 Å². The average Bonchev–Trinajstić information content (AvgIpc) is 2.61.